The number of nitrogens with zero attached hydrogens (tertiary/aromatic N) is 1. The molecule has 0 N–H and O–H groups in total. The number of hydrogen-bond donors (Lipinski definition) is 0. The second-order valence-electron chi connectivity index (χ2n) is 8.65. The van der Waals surface area contributed by atoms with Gasteiger partial charge >= 0.3 is 0 Å². The highest BCUT2D eigenvalue weighted by atomic mass is 19.1. The van der Waals surface area contributed by atoms with Crippen LogP contribution in [0.15, 0.2) is 59.8 Å². The van der Waals surface area contributed by atoms with Gasteiger partial charge in [0.15, 0.2) is 5.78 Å². The van der Waals surface area contributed by atoms with Gasteiger partial charge < -0.3 is 0 Å². The van der Waals surface area contributed by atoms with Crippen molar-refractivity contribution in [2.24, 2.45) is 5.41 Å². The summed E-state index contributed by atoms with van der Waals surface area (Å²) in [4.78, 5) is 27.8. The van der Waals surface area contributed by atoms with Crippen LogP contribution in [0.2, 0.25) is 0 Å². The number of para-hydroxylation sites is 1. The Morgan fingerprint density at radius 1 is 1.04 bits per heavy atom. The first-order valence-electron chi connectivity index (χ1n) is 9.67. The van der Waals surface area contributed by atoms with E-state index in [4.69, 9.17) is 0 Å². The monoisotopic (exact) mass is 377 g/mol. The minimum Gasteiger partial charge on any atom is -0.294 e. The van der Waals surface area contributed by atoms with E-state index >= 15 is 0 Å². The fourth-order valence-electron chi connectivity index (χ4n) is 4.50. The summed E-state index contributed by atoms with van der Waals surface area (Å²) in [5, 5.41) is 0. The number of amides is 1. The highest BCUT2D eigenvalue weighted by molar-refractivity contribution is 6.07. The number of rotatable bonds is 2. The average Bonchev–Trinajstić information content (AvgIpc) is 2.61. The van der Waals surface area contributed by atoms with Gasteiger partial charge in [-0.05, 0) is 36.5 Å². The van der Waals surface area contributed by atoms with Gasteiger partial charge in [0, 0.05) is 30.0 Å². The van der Waals surface area contributed by atoms with E-state index in [1.807, 2.05) is 45.0 Å². The van der Waals surface area contributed by atoms with Crippen LogP contribution < -0.4 is 4.90 Å². The lowest BCUT2D eigenvalue weighted by Crippen LogP contribution is -2.44. The number of carbonyl (C=O) groups is 2. The molecule has 0 aromatic heterocycles. The zero-order valence-electron chi connectivity index (χ0n) is 16.5. The summed E-state index contributed by atoms with van der Waals surface area (Å²) in [5.74, 6) is -0.825. The standard InChI is InChI=1S/C24H24FNO2/c1-15-7-6-8-16(11-15)17-12-22(28)26(19-10-5-4-9-18(19)25)20-13-24(2,3)14-21(27)23(17)20/h4-11,17H,12-14H2,1-3H3. The van der Waals surface area contributed by atoms with Gasteiger partial charge in [0.2, 0.25) is 5.91 Å². The highest BCUT2D eigenvalue weighted by Gasteiger charge is 2.44. The molecule has 0 bridgehead atoms. The van der Waals surface area contributed by atoms with E-state index in [0.29, 0.717) is 24.1 Å². The Morgan fingerprint density at radius 3 is 2.50 bits per heavy atom. The maximum Gasteiger partial charge on any atom is 0.232 e. The molecule has 4 rings (SSSR count). The fourth-order valence-corrected chi connectivity index (χ4v) is 4.50. The van der Waals surface area contributed by atoms with Crippen LogP contribution in [-0.2, 0) is 9.59 Å². The predicted octanol–water partition coefficient (Wildman–Crippen LogP) is 5.30. The Bertz CT molecular complexity index is 1010. The van der Waals surface area contributed by atoms with E-state index in [9.17, 15) is 14.0 Å². The number of Topliss-reactive ketones (excluding diaryl/α,β-unsaturated/α-hetero) is 1. The first-order chi connectivity index (χ1) is 13.3. The smallest absolute Gasteiger partial charge is 0.232 e. The molecule has 2 aromatic carbocycles. The minimum absolute atomic E-state index is 0.0617. The number of anilines is 1. The van der Waals surface area contributed by atoms with Crippen molar-refractivity contribution in [3.8, 4) is 0 Å². The molecule has 144 valence electrons. The van der Waals surface area contributed by atoms with Crippen LogP contribution >= 0.6 is 0 Å². The number of ketones is 1. The van der Waals surface area contributed by atoms with Gasteiger partial charge in [0.05, 0.1) is 5.69 Å². The van der Waals surface area contributed by atoms with Crippen molar-refractivity contribution < 1.29 is 14.0 Å². The molecule has 1 heterocycles. The molecule has 0 fully saturated rings. The minimum atomic E-state index is -0.451. The Kier molecular flexibility index (Phi) is 4.45. The molecule has 1 atom stereocenters. The van der Waals surface area contributed by atoms with Crippen molar-refractivity contribution in [1.29, 1.82) is 0 Å². The topological polar surface area (TPSA) is 37.4 Å². The molecule has 0 saturated heterocycles. The molecule has 3 nitrogen and oxygen atoms in total. The quantitative estimate of drug-likeness (QED) is 0.712. The van der Waals surface area contributed by atoms with Crippen molar-refractivity contribution in [2.45, 2.75) is 46.0 Å². The third-order valence-electron chi connectivity index (χ3n) is 5.68. The van der Waals surface area contributed by atoms with Crippen LogP contribution in [0, 0.1) is 18.2 Å². The Balaban J connectivity index is 1.93. The van der Waals surface area contributed by atoms with Crippen LogP contribution in [0.4, 0.5) is 10.1 Å². The van der Waals surface area contributed by atoms with E-state index in [-0.39, 0.29) is 35.1 Å². The summed E-state index contributed by atoms with van der Waals surface area (Å²) >= 11 is 0. The van der Waals surface area contributed by atoms with Crippen molar-refractivity contribution in [3.05, 3.63) is 76.7 Å². The van der Waals surface area contributed by atoms with Gasteiger partial charge in [-0.25, -0.2) is 4.39 Å². The summed E-state index contributed by atoms with van der Waals surface area (Å²) in [6.07, 6.45) is 1.17. The third-order valence-corrected chi connectivity index (χ3v) is 5.68. The molecular formula is C24H24FNO2. The summed E-state index contributed by atoms with van der Waals surface area (Å²) < 4.78 is 14.6. The first kappa shape index (κ1) is 18.6. The van der Waals surface area contributed by atoms with Crippen LogP contribution in [-0.4, -0.2) is 11.7 Å². The van der Waals surface area contributed by atoms with Crippen molar-refractivity contribution in [2.75, 3.05) is 4.90 Å². The largest absolute Gasteiger partial charge is 0.294 e. The molecule has 1 aliphatic carbocycles. The molecule has 1 aliphatic heterocycles. The zero-order chi connectivity index (χ0) is 20.1. The zero-order valence-corrected chi connectivity index (χ0v) is 16.5. The molecule has 2 aromatic rings. The van der Waals surface area contributed by atoms with E-state index in [2.05, 4.69) is 0 Å². The number of hydrogen-bond acceptors (Lipinski definition) is 2. The van der Waals surface area contributed by atoms with Crippen molar-refractivity contribution in [1.82, 2.24) is 0 Å². The maximum atomic E-state index is 14.6. The summed E-state index contributed by atoms with van der Waals surface area (Å²) in [6.45, 7) is 6.05. The molecule has 0 radical (unpaired) electrons. The molecule has 0 spiro atoms. The number of halogens is 1. The van der Waals surface area contributed by atoms with Gasteiger partial charge in [0.25, 0.3) is 0 Å². The molecule has 0 saturated carbocycles. The van der Waals surface area contributed by atoms with Gasteiger partial charge in [-0.2, -0.15) is 0 Å². The average molecular weight is 377 g/mol. The molecular weight excluding hydrogens is 353 g/mol. The molecule has 1 unspecified atom stereocenters. The Morgan fingerprint density at radius 2 is 1.79 bits per heavy atom. The SMILES string of the molecule is Cc1cccc(C2CC(=O)N(c3ccccc3F)C3=C2C(=O)CC(C)(C)C3)c1. The fraction of sp³-hybridized carbons (Fsp3) is 0.333. The lowest BCUT2D eigenvalue weighted by Gasteiger charge is -2.43. The Hall–Kier alpha value is -2.75. The summed E-state index contributed by atoms with van der Waals surface area (Å²) in [6, 6.07) is 14.2. The van der Waals surface area contributed by atoms with Crippen molar-refractivity contribution in [3.63, 3.8) is 0 Å². The lowest BCUT2D eigenvalue weighted by molar-refractivity contribution is -0.121. The van der Waals surface area contributed by atoms with Crippen LogP contribution in [0.5, 0.6) is 0 Å². The van der Waals surface area contributed by atoms with Gasteiger partial charge in [-0.3, -0.25) is 14.5 Å². The van der Waals surface area contributed by atoms with E-state index in [1.165, 1.54) is 11.0 Å². The van der Waals surface area contributed by atoms with Crippen molar-refractivity contribution >= 4 is 17.4 Å². The van der Waals surface area contributed by atoms with E-state index in [1.54, 1.807) is 18.2 Å². The van der Waals surface area contributed by atoms with Crippen LogP contribution in [0.25, 0.3) is 0 Å². The molecule has 1 amide bonds. The highest BCUT2D eigenvalue weighted by Crippen LogP contribution is 2.48. The summed E-state index contributed by atoms with van der Waals surface area (Å²) in [5.41, 5.74) is 3.36. The second-order valence-corrected chi connectivity index (χ2v) is 8.65. The normalized spacial score (nSPS) is 21.7. The van der Waals surface area contributed by atoms with Gasteiger partial charge in [-0.15, -0.1) is 0 Å². The third kappa shape index (κ3) is 3.17. The number of carbonyl (C=O) groups excluding carboxylic acids is 2. The van der Waals surface area contributed by atoms with E-state index < -0.39 is 5.82 Å². The van der Waals surface area contributed by atoms with Crippen LogP contribution in [0.1, 0.15) is 50.2 Å². The number of allylic oxidation sites excluding steroid dienone is 2. The van der Waals surface area contributed by atoms with E-state index in [0.717, 1.165) is 11.1 Å². The lowest BCUT2D eigenvalue weighted by atomic mass is 9.69. The molecule has 4 heteroatoms. The molecule has 2 aliphatic rings. The molecule has 28 heavy (non-hydrogen) atoms. The maximum absolute atomic E-state index is 14.6. The Labute approximate surface area is 164 Å². The summed E-state index contributed by atoms with van der Waals surface area (Å²) in [7, 11) is 0. The number of benzene rings is 2. The van der Waals surface area contributed by atoms with Gasteiger partial charge in [-0.1, -0.05) is 55.8 Å². The first-order valence-corrected chi connectivity index (χ1v) is 9.67. The number of aryl methyl sites for hydroxylation is 1. The second kappa shape index (κ2) is 6.69. The predicted molar refractivity (Wildman–Crippen MR) is 107 cm³/mol. The van der Waals surface area contributed by atoms with Gasteiger partial charge in [0.1, 0.15) is 5.82 Å². The van der Waals surface area contributed by atoms with Crippen LogP contribution in [0.3, 0.4) is 0 Å².